The first-order valence-corrected chi connectivity index (χ1v) is 9.04. The van der Waals surface area contributed by atoms with E-state index in [1.807, 2.05) is 24.3 Å². The minimum absolute atomic E-state index is 0.0559. The minimum Gasteiger partial charge on any atom is -0.497 e. The van der Waals surface area contributed by atoms with Gasteiger partial charge in [-0.15, -0.1) is 0 Å². The third kappa shape index (κ3) is 4.88. The Morgan fingerprint density at radius 1 is 1.20 bits per heavy atom. The Hall–Kier alpha value is -1.75. The molecule has 25 heavy (non-hydrogen) atoms. The van der Waals surface area contributed by atoms with Gasteiger partial charge in [-0.1, -0.05) is 29.3 Å². The van der Waals surface area contributed by atoms with Gasteiger partial charge in [0.2, 0.25) is 0 Å². The van der Waals surface area contributed by atoms with E-state index in [2.05, 4.69) is 5.32 Å². The number of hydrogen-bond acceptors (Lipinski definition) is 2. The van der Waals surface area contributed by atoms with Crippen molar-refractivity contribution >= 4 is 34.8 Å². The van der Waals surface area contributed by atoms with E-state index in [1.165, 1.54) is 10.5 Å². The molecule has 1 unspecified atom stereocenters. The normalized spacial score (nSPS) is 14.8. The second kappa shape index (κ2) is 8.09. The highest BCUT2D eigenvalue weighted by Gasteiger charge is 2.34. The van der Waals surface area contributed by atoms with Gasteiger partial charge in [-0.2, -0.15) is 0 Å². The quantitative estimate of drug-likeness (QED) is 0.775. The van der Waals surface area contributed by atoms with Crippen molar-refractivity contribution in [1.29, 1.82) is 0 Å². The third-order valence-electron chi connectivity index (χ3n) is 4.36. The van der Waals surface area contributed by atoms with Gasteiger partial charge in [0.15, 0.2) is 6.54 Å². The average molecular weight is 380 g/mol. The van der Waals surface area contributed by atoms with Gasteiger partial charge in [0, 0.05) is 18.4 Å². The number of anilines is 1. The second-order valence-electron chi connectivity index (χ2n) is 6.28. The topological polar surface area (TPSA) is 42.8 Å². The lowest BCUT2D eigenvalue weighted by molar-refractivity contribution is -0.916. The molecule has 0 saturated heterocycles. The molecular formula is C19H21Cl2N2O2+. The standard InChI is InChI=1S/C19H20Cl2N2O2/c1-25-15-9-5-13(6-10-15)11-23(14-7-8-14)12-18(24)22-17-4-2-3-16(20)19(17)21/h2-6,9-10,14H,7-8,11-12H2,1H3,(H,22,24)/p+1. The smallest absolute Gasteiger partial charge is 0.279 e. The van der Waals surface area contributed by atoms with Crippen LogP contribution in [-0.4, -0.2) is 25.6 Å². The van der Waals surface area contributed by atoms with E-state index in [0.717, 1.165) is 25.1 Å². The molecule has 132 valence electrons. The van der Waals surface area contributed by atoms with Crippen molar-refractivity contribution < 1.29 is 14.4 Å². The van der Waals surface area contributed by atoms with Gasteiger partial charge in [0.05, 0.1) is 28.9 Å². The molecule has 0 aromatic heterocycles. The number of carbonyl (C=O) groups is 1. The molecule has 1 aliphatic carbocycles. The van der Waals surface area contributed by atoms with E-state index in [1.54, 1.807) is 25.3 Å². The van der Waals surface area contributed by atoms with Crippen molar-refractivity contribution in [3.63, 3.8) is 0 Å². The van der Waals surface area contributed by atoms with Crippen LogP contribution in [0.5, 0.6) is 5.75 Å². The lowest BCUT2D eigenvalue weighted by Crippen LogP contribution is -3.13. The Morgan fingerprint density at radius 3 is 2.56 bits per heavy atom. The molecule has 1 saturated carbocycles. The summed E-state index contributed by atoms with van der Waals surface area (Å²) in [6.07, 6.45) is 2.33. The average Bonchev–Trinajstić information content (AvgIpc) is 3.44. The van der Waals surface area contributed by atoms with Crippen LogP contribution in [0.4, 0.5) is 5.69 Å². The summed E-state index contributed by atoms with van der Waals surface area (Å²) in [6.45, 7) is 1.21. The van der Waals surface area contributed by atoms with Gasteiger partial charge in [0.25, 0.3) is 5.91 Å². The van der Waals surface area contributed by atoms with Gasteiger partial charge >= 0.3 is 0 Å². The maximum absolute atomic E-state index is 12.5. The number of ether oxygens (including phenoxy) is 1. The first-order chi connectivity index (χ1) is 12.1. The summed E-state index contributed by atoms with van der Waals surface area (Å²) in [5.41, 5.74) is 1.75. The number of hydrogen-bond donors (Lipinski definition) is 2. The van der Waals surface area contributed by atoms with Crippen molar-refractivity contribution in [2.75, 3.05) is 19.0 Å². The number of quaternary nitrogens is 1. The van der Waals surface area contributed by atoms with Crippen LogP contribution in [0.25, 0.3) is 0 Å². The van der Waals surface area contributed by atoms with Crippen molar-refractivity contribution in [2.45, 2.75) is 25.4 Å². The summed E-state index contributed by atoms with van der Waals surface area (Å²) in [4.78, 5) is 13.7. The van der Waals surface area contributed by atoms with Crippen molar-refractivity contribution in [3.05, 3.63) is 58.1 Å². The Morgan fingerprint density at radius 2 is 1.92 bits per heavy atom. The SMILES string of the molecule is COc1ccc(C[NH+](CC(=O)Nc2cccc(Cl)c2Cl)C2CC2)cc1. The maximum Gasteiger partial charge on any atom is 0.279 e. The summed E-state index contributed by atoms with van der Waals surface area (Å²) >= 11 is 12.1. The highest BCUT2D eigenvalue weighted by Crippen LogP contribution is 2.29. The van der Waals surface area contributed by atoms with Gasteiger partial charge in [-0.25, -0.2) is 0 Å². The molecule has 1 aliphatic rings. The molecule has 2 aromatic rings. The molecule has 3 rings (SSSR count). The third-order valence-corrected chi connectivity index (χ3v) is 5.18. The van der Waals surface area contributed by atoms with Gasteiger partial charge in [-0.05, 0) is 36.4 Å². The van der Waals surface area contributed by atoms with Crippen LogP contribution in [0.3, 0.4) is 0 Å². The first-order valence-electron chi connectivity index (χ1n) is 8.28. The van der Waals surface area contributed by atoms with Crippen LogP contribution >= 0.6 is 23.2 Å². The van der Waals surface area contributed by atoms with E-state index in [0.29, 0.717) is 28.3 Å². The Balaban J connectivity index is 1.63. The molecule has 1 amide bonds. The number of nitrogens with one attached hydrogen (secondary N) is 2. The number of rotatable bonds is 7. The summed E-state index contributed by atoms with van der Waals surface area (Å²) in [5.74, 6) is 0.782. The number of carbonyl (C=O) groups excluding carboxylic acids is 1. The lowest BCUT2D eigenvalue weighted by atomic mass is 10.2. The van der Waals surface area contributed by atoms with Crippen LogP contribution in [-0.2, 0) is 11.3 Å². The molecule has 2 aromatic carbocycles. The molecule has 1 fully saturated rings. The molecule has 0 aliphatic heterocycles. The van der Waals surface area contributed by atoms with Gasteiger partial charge in [0.1, 0.15) is 12.3 Å². The molecular weight excluding hydrogens is 359 g/mol. The fourth-order valence-corrected chi connectivity index (χ4v) is 3.20. The molecule has 0 heterocycles. The number of benzene rings is 2. The number of halogens is 2. The Labute approximate surface area is 157 Å². The van der Waals surface area contributed by atoms with Crippen molar-refractivity contribution in [1.82, 2.24) is 0 Å². The molecule has 1 atom stereocenters. The lowest BCUT2D eigenvalue weighted by Gasteiger charge is -2.19. The zero-order valence-electron chi connectivity index (χ0n) is 14.0. The molecule has 4 nitrogen and oxygen atoms in total. The highest BCUT2D eigenvalue weighted by atomic mass is 35.5. The summed E-state index contributed by atoms with van der Waals surface area (Å²) in [5, 5.41) is 3.68. The summed E-state index contributed by atoms with van der Waals surface area (Å²) in [7, 11) is 1.65. The van der Waals surface area contributed by atoms with Gasteiger partial charge in [-0.3, -0.25) is 4.79 Å². The van der Waals surface area contributed by atoms with Crippen LogP contribution < -0.4 is 15.0 Å². The Kier molecular flexibility index (Phi) is 5.84. The fourth-order valence-electron chi connectivity index (χ4n) is 2.85. The predicted octanol–water partition coefficient (Wildman–Crippen LogP) is 3.19. The zero-order valence-corrected chi connectivity index (χ0v) is 15.5. The molecule has 0 radical (unpaired) electrons. The molecule has 6 heteroatoms. The molecule has 2 N–H and O–H groups in total. The maximum atomic E-state index is 12.5. The van der Waals surface area contributed by atoms with Crippen molar-refractivity contribution in [2.24, 2.45) is 0 Å². The molecule has 0 bridgehead atoms. The zero-order chi connectivity index (χ0) is 17.8. The monoisotopic (exact) mass is 379 g/mol. The number of amides is 1. The van der Waals surface area contributed by atoms with E-state index in [9.17, 15) is 4.79 Å². The summed E-state index contributed by atoms with van der Waals surface area (Å²) in [6, 6.07) is 13.8. The largest absolute Gasteiger partial charge is 0.497 e. The van der Waals surface area contributed by atoms with Crippen LogP contribution in [0.1, 0.15) is 18.4 Å². The highest BCUT2D eigenvalue weighted by molar-refractivity contribution is 6.43. The minimum atomic E-state index is -0.0559. The fraction of sp³-hybridized carbons (Fsp3) is 0.316. The first kappa shape index (κ1) is 18.1. The van der Waals surface area contributed by atoms with E-state index < -0.39 is 0 Å². The van der Waals surface area contributed by atoms with Crippen molar-refractivity contribution in [3.8, 4) is 5.75 Å². The van der Waals surface area contributed by atoms with Gasteiger partial charge < -0.3 is 15.0 Å². The second-order valence-corrected chi connectivity index (χ2v) is 7.07. The van der Waals surface area contributed by atoms with Crippen LogP contribution in [0.15, 0.2) is 42.5 Å². The number of methoxy groups -OCH3 is 1. The Bertz CT molecular complexity index is 746. The van der Waals surface area contributed by atoms with E-state index >= 15 is 0 Å². The van der Waals surface area contributed by atoms with Crippen LogP contribution in [0, 0.1) is 0 Å². The van der Waals surface area contributed by atoms with E-state index in [4.69, 9.17) is 27.9 Å². The molecule has 0 spiro atoms. The predicted molar refractivity (Wildman–Crippen MR) is 101 cm³/mol. The summed E-state index contributed by atoms with van der Waals surface area (Å²) < 4.78 is 5.19. The van der Waals surface area contributed by atoms with E-state index in [-0.39, 0.29) is 5.91 Å². The van der Waals surface area contributed by atoms with Crippen LogP contribution in [0.2, 0.25) is 10.0 Å².